The Bertz CT molecular complexity index is 256. The molecule has 106 valence electrons. The lowest BCUT2D eigenvalue weighted by Crippen LogP contribution is -2.45. The molecule has 2 rings (SSSR count). The van der Waals surface area contributed by atoms with E-state index in [1.54, 1.807) is 0 Å². The highest BCUT2D eigenvalue weighted by atomic mass is 19.4. The maximum absolute atomic E-state index is 12.6. The molecule has 0 bridgehead atoms. The van der Waals surface area contributed by atoms with Gasteiger partial charge in [0.1, 0.15) is 0 Å². The van der Waals surface area contributed by atoms with Crippen LogP contribution in [0.15, 0.2) is 0 Å². The third-order valence-corrected chi connectivity index (χ3v) is 4.75. The highest BCUT2D eigenvalue weighted by Crippen LogP contribution is 2.38. The zero-order valence-corrected chi connectivity index (χ0v) is 11.1. The van der Waals surface area contributed by atoms with Crippen molar-refractivity contribution in [2.45, 2.75) is 76.6 Å². The fourth-order valence-corrected chi connectivity index (χ4v) is 3.45. The Labute approximate surface area is 108 Å². The van der Waals surface area contributed by atoms with E-state index >= 15 is 0 Å². The highest BCUT2D eigenvalue weighted by Gasteiger charge is 2.41. The zero-order chi connectivity index (χ0) is 13.2. The molecule has 2 unspecified atom stereocenters. The fraction of sp³-hybridized carbons (Fsp3) is 1.00. The molecule has 0 aromatic rings. The van der Waals surface area contributed by atoms with Gasteiger partial charge in [0.15, 0.2) is 0 Å². The molecule has 2 fully saturated rings. The van der Waals surface area contributed by atoms with E-state index in [-0.39, 0.29) is 0 Å². The van der Waals surface area contributed by atoms with Crippen LogP contribution in [0.5, 0.6) is 0 Å². The van der Waals surface area contributed by atoms with Gasteiger partial charge < -0.3 is 5.32 Å². The van der Waals surface area contributed by atoms with Crippen molar-refractivity contribution in [3.8, 4) is 0 Å². The molecule has 0 amide bonds. The molecule has 0 aliphatic heterocycles. The SMILES string of the molecule is CC1CCCCC1NC1CCC(C(F)(F)F)CC1. The summed E-state index contributed by atoms with van der Waals surface area (Å²) in [6.07, 6.45) is 3.03. The van der Waals surface area contributed by atoms with Gasteiger partial charge in [-0.3, -0.25) is 0 Å². The van der Waals surface area contributed by atoms with Crippen molar-refractivity contribution in [1.82, 2.24) is 5.32 Å². The molecule has 0 heterocycles. The topological polar surface area (TPSA) is 12.0 Å². The summed E-state index contributed by atoms with van der Waals surface area (Å²) in [5.74, 6) is -0.376. The van der Waals surface area contributed by atoms with Crippen molar-refractivity contribution in [3.63, 3.8) is 0 Å². The number of hydrogen-bond donors (Lipinski definition) is 1. The quantitative estimate of drug-likeness (QED) is 0.784. The minimum atomic E-state index is -3.98. The Morgan fingerprint density at radius 3 is 2.06 bits per heavy atom. The van der Waals surface area contributed by atoms with Crippen LogP contribution in [0.2, 0.25) is 0 Å². The summed E-state index contributed by atoms with van der Waals surface area (Å²) in [5, 5.41) is 3.61. The van der Waals surface area contributed by atoms with E-state index in [2.05, 4.69) is 12.2 Å². The number of nitrogens with one attached hydrogen (secondary N) is 1. The number of rotatable bonds is 2. The molecule has 0 aromatic heterocycles. The average Bonchev–Trinajstić information content (AvgIpc) is 2.32. The van der Waals surface area contributed by atoms with Crippen molar-refractivity contribution in [3.05, 3.63) is 0 Å². The van der Waals surface area contributed by atoms with Gasteiger partial charge in [-0.1, -0.05) is 19.8 Å². The van der Waals surface area contributed by atoms with E-state index in [1.165, 1.54) is 25.7 Å². The monoisotopic (exact) mass is 263 g/mol. The fourth-order valence-electron chi connectivity index (χ4n) is 3.45. The normalized spacial score (nSPS) is 38.7. The maximum Gasteiger partial charge on any atom is 0.391 e. The molecule has 2 aliphatic rings. The molecule has 0 aromatic carbocycles. The Balaban J connectivity index is 1.76. The zero-order valence-electron chi connectivity index (χ0n) is 11.1. The van der Waals surface area contributed by atoms with Crippen LogP contribution in [0.4, 0.5) is 13.2 Å². The molecule has 2 aliphatic carbocycles. The first-order chi connectivity index (χ1) is 8.47. The number of hydrogen-bond acceptors (Lipinski definition) is 1. The Kier molecular flexibility index (Phi) is 4.57. The highest BCUT2D eigenvalue weighted by molar-refractivity contribution is 4.86. The number of alkyl halides is 3. The van der Waals surface area contributed by atoms with Gasteiger partial charge >= 0.3 is 6.18 Å². The second kappa shape index (κ2) is 5.81. The molecule has 0 saturated heterocycles. The lowest BCUT2D eigenvalue weighted by atomic mass is 9.82. The van der Waals surface area contributed by atoms with Gasteiger partial charge in [-0.2, -0.15) is 13.2 Å². The molecule has 4 heteroatoms. The second-order valence-corrected chi connectivity index (χ2v) is 6.13. The summed E-state index contributed by atoms with van der Waals surface area (Å²) in [7, 11) is 0. The maximum atomic E-state index is 12.6. The van der Waals surface area contributed by atoms with Crippen molar-refractivity contribution in [1.29, 1.82) is 0 Å². The Hall–Kier alpha value is -0.250. The van der Waals surface area contributed by atoms with Crippen LogP contribution < -0.4 is 5.32 Å². The molecule has 1 N–H and O–H groups in total. The molecule has 2 saturated carbocycles. The van der Waals surface area contributed by atoms with Crippen molar-refractivity contribution in [2.75, 3.05) is 0 Å². The molecule has 18 heavy (non-hydrogen) atoms. The minimum Gasteiger partial charge on any atom is -0.311 e. The summed E-state index contributed by atoms with van der Waals surface area (Å²) in [6.45, 7) is 2.26. The van der Waals surface area contributed by atoms with E-state index in [1.807, 2.05) is 0 Å². The van der Waals surface area contributed by atoms with E-state index < -0.39 is 12.1 Å². The smallest absolute Gasteiger partial charge is 0.311 e. The standard InChI is InChI=1S/C14H24F3N/c1-10-4-2-3-5-13(10)18-12-8-6-11(7-9-12)14(15,16)17/h10-13,18H,2-9H2,1H3. The van der Waals surface area contributed by atoms with Crippen LogP contribution in [0.25, 0.3) is 0 Å². The predicted octanol–water partition coefficient (Wildman–Crippen LogP) is 4.28. The molecule has 1 nitrogen and oxygen atoms in total. The van der Waals surface area contributed by atoms with Crippen LogP contribution in [0.3, 0.4) is 0 Å². The lowest BCUT2D eigenvalue weighted by Gasteiger charge is -2.36. The third-order valence-electron chi connectivity index (χ3n) is 4.75. The first-order valence-electron chi connectivity index (χ1n) is 7.29. The summed E-state index contributed by atoms with van der Waals surface area (Å²) in [6, 6.07) is 0.848. The summed E-state index contributed by atoms with van der Waals surface area (Å²) in [4.78, 5) is 0. The summed E-state index contributed by atoms with van der Waals surface area (Å²) >= 11 is 0. The van der Waals surface area contributed by atoms with Crippen LogP contribution in [-0.2, 0) is 0 Å². The lowest BCUT2D eigenvalue weighted by molar-refractivity contribution is -0.182. The summed E-state index contributed by atoms with van der Waals surface area (Å²) in [5.41, 5.74) is 0. The van der Waals surface area contributed by atoms with Gasteiger partial charge in [0.25, 0.3) is 0 Å². The second-order valence-electron chi connectivity index (χ2n) is 6.13. The van der Waals surface area contributed by atoms with Crippen molar-refractivity contribution < 1.29 is 13.2 Å². The van der Waals surface area contributed by atoms with E-state index in [0.29, 0.717) is 43.7 Å². The van der Waals surface area contributed by atoms with Crippen molar-refractivity contribution >= 4 is 0 Å². The van der Waals surface area contributed by atoms with Crippen LogP contribution in [0.1, 0.15) is 58.3 Å². The Morgan fingerprint density at radius 2 is 1.50 bits per heavy atom. The first kappa shape index (κ1) is 14.2. The molecule has 0 spiro atoms. The largest absolute Gasteiger partial charge is 0.391 e. The Morgan fingerprint density at radius 1 is 0.889 bits per heavy atom. The van der Waals surface area contributed by atoms with Gasteiger partial charge in [0.05, 0.1) is 5.92 Å². The van der Waals surface area contributed by atoms with Gasteiger partial charge in [-0.05, 0) is 44.4 Å². The van der Waals surface area contributed by atoms with E-state index in [4.69, 9.17) is 0 Å². The van der Waals surface area contributed by atoms with E-state index in [0.717, 1.165) is 0 Å². The predicted molar refractivity (Wildman–Crippen MR) is 66.4 cm³/mol. The minimum absolute atomic E-state index is 0.308. The van der Waals surface area contributed by atoms with Crippen molar-refractivity contribution in [2.24, 2.45) is 11.8 Å². The van der Waals surface area contributed by atoms with Gasteiger partial charge in [-0.15, -0.1) is 0 Å². The average molecular weight is 263 g/mol. The third kappa shape index (κ3) is 3.62. The van der Waals surface area contributed by atoms with Gasteiger partial charge in [-0.25, -0.2) is 0 Å². The van der Waals surface area contributed by atoms with Gasteiger partial charge in [0, 0.05) is 12.1 Å². The molecular weight excluding hydrogens is 239 g/mol. The first-order valence-corrected chi connectivity index (χ1v) is 7.29. The molecule has 0 radical (unpaired) electrons. The van der Waals surface area contributed by atoms with Crippen LogP contribution in [0, 0.1) is 11.8 Å². The van der Waals surface area contributed by atoms with E-state index in [9.17, 15) is 13.2 Å². The van der Waals surface area contributed by atoms with Crippen LogP contribution in [-0.4, -0.2) is 18.3 Å². The summed E-state index contributed by atoms with van der Waals surface area (Å²) < 4.78 is 37.7. The van der Waals surface area contributed by atoms with Gasteiger partial charge in [0.2, 0.25) is 0 Å². The molecular formula is C14H24F3N. The molecule has 2 atom stereocenters. The number of halogens is 3. The van der Waals surface area contributed by atoms with Crippen LogP contribution >= 0.6 is 0 Å².